The highest BCUT2D eigenvalue weighted by Crippen LogP contribution is 2.31. The minimum absolute atomic E-state index is 0.0516. The highest BCUT2D eigenvalue weighted by molar-refractivity contribution is 7.92. The molecule has 0 aliphatic rings. The number of nitrogens with one attached hydrogen (secondary N) is 2. The molecule has 0 saturated heterocycles. The second-order valence-corrected chi connectivity index (χ2v) is 12.1. The number of amides is 2. The molecule has 3 rings (SSSR count). The summed E-state index contributed by atoms with van der Waals surface area (Å²) in [5, 5.41) is 4.84. The topological polar surface area (TPSA) is 126 Å². The Hall–Kier alpha value is -3.92. The van der Waals surface area contributed by atoms with Crippen LogP contribution in [0.2, 0.25) is 0 Å². The molecule has 2 N–H and O–H groups in total. The van der Waals surface area contributed by atoms with Crippen molar-refractivity contribution < 1.29 is 52.8 Å². The lowest BCUT2D eigenvalue weighted by Crippen LogP contribution is -2.23. The Labute approximate surface area is 223 Å². The average molecular weight is 609 g/mol. The van der Waals surface area contributed by atoms with Gasteiger partial charge in [-0.1, -0.05) is 24.3 Å². The van der Waals surface area contributed by atoms with Crippen LogP contribution < -0.4 is 10.6 Å². The summed E-state index contributed by atoms with van der Waals surface area (Å²) in [6.07, 6.45) is -0.402. The summed E-state index contributed by atoms with van der Waals surface area (Å²) in [7, 11) is -11.1. The zero-order valence-electron chi connectivity index (χ0n) is 19.9. The number of sulfone groups is 2. The second kappa shape index (κ2) is 11.3. The number of rotatable bonds is 8. The van der Waals surface area contributed by atoms with Gasteiger partial charge in [0.15, 0.2) is 0 Å². The van der Waals surface area contributed by atoms with Crippen molar-refractivity contribution in [1.82, 2.24) is 0 Å². The lowest BCUT2D eigenvalue weighted by molar-refractivity contribution is -0.116. The lowest BCUT2D eigenvalue weighted by atomic mass is 10.1. The van der Waals surface area contributed by atoms with Crippen LogP contribution in [0.4, 0.5) is 37.7 Å². The standard InChI is InChI=1S/C24H18F6N2O6S2/c25-23(26,27)39(35,36)19-8-4-17(5-9-19)31-21(33)13-15-2-1-3-16(12-15)14-22(34)32-18-6-10-20(11-7-18)40(37,38)24(28,29)30/h1-12H,13-14H2,(H,31,33)(H,32,34). The normalized spacial score (nSPS) is 12.6. The van der Waals surface area contributed by atoms with E-state index >= 15 is 0 Å². The van der Waals surface area contributed by atoms with Crippen LogP contribution in [0.3, 0.4) is 0 Å². The zero-order chi connectivity index (χ0) is 29.9. The molecule has 40 heavy (non-hydrogen) atoms. The fourth-order valence-electron chi connectivity index (χ4n) is 3.33. The van der Waals surface area contributed by atoms with Gasteiger partial charge in [0.05, 0.1) is 22.6 Å². The molecular formula is C24H18F6N2O6S2. The Morgan fingerprint density at radius 1 is 0.575 bits per heavy atom. The van der Waals surface area contributed by atoms with Gasteiger partial charge in [-0.15, -0.1) is 0 Å². The molecule has 0 aliphatic carbocycles. The zero-order valence-corrected chi connectivity index (χ0v) is 21.5. The van der Waals surface area contributed by atoms with Gasteiger partial charge in [-0.05, 0) is 59.7 Å². The first-order valence-corrected chi connectivity index (χ1v) is 13.9. The first-order chi connectivity index (χ1) is 18.4. The van der Waals surface area contributed by atoms with E-state index in [-0.39, 0.29) is 24.2 Å². The minimum atomic E-state index is -5.53. The van der Waals surface area contributed by atoms with E-state index in [2.05, 4.69) is 10.6 Å². The molecular weight excluding hydrogens is 590 g/mol. The van der Waals surface area contributed by atoms with Crippen LogP contribution in [0, 0.1) is 0 Å². The van der Waals surface area contributed by atoms with Gasteiger partial charge in [0.1, 0.15) is 0 Å². The van der Waals surface area contributed by atoms with Crippen molar-refractivity contribution in [3.05, 3.63) is 83.9 Å². The summed E-state index contributed by atoms with van der Waals surface area (Å²) < 4.78 is 122. The predicted molar refractivity (Wildman–Crippen MR) is 130 cm³/mol. The Bertz CT molecular complexity index is 1500. The molecule has 0 fully saturated rings. The number of benzene rings is 3. The van der Waals surface area contributed by atoms with E-state index in [1.165, 1.54) is 6.07 Å². The van der Waals surface area contributed by atoms with Crippen LogP contribution >= 0.6 is 0 Å². The van der Waals surface area contributed by atoms with Crippen molar-refractivity contribution in [2.75, 3.05) is 10.6 Å². The summed E-state index contributed by atoms with van der Waals surface area (Å²) in [5.74, 6) is -1.16. The first-order valence-electron chi connectivity index (χ1n) is 10.9. The second-order valence-electron chi connectivity index (χ2n) is 8.22. The maximum atomic E-state index is 12.6. The SMILES string of the molecule is O=C(Cc1cccc(CC(=O)Nc2ccc(S(=O)(=O)C(F)(F)F)cc2)c1)Nc1ccc(S(=O)(=O)C(F)(F)F)cc1. The summed E-state index contributed by atoms with van der Waals surface area (Å²) in [4.78, 5) is 22.8. The Balaban J connectivity index is 1.59. The van der Waals surface area contributed by atoms with E-state index in [1.54, 1.807) is 18.2 Å². The van der Waals surface area contributed by atoms with Crippen LogP contribution in [0.5, 0.6) is 0 Å². The molecule has 3 aromatic carbocycles. The van der Waals surface area contributed by atoms with Crippen LogP contribution in [0.1, 0.15) is 11.1 Å². The van der Waals surface area contributed by atoms with Crippen LogP contribution in [-0.4, -0.2) is 39.7 Å². The molecule has 2 amide bonds. The number of carbonyl (C=O) groups is 2. The van der Waals surface area contributed by atoms with E-state index in [0.29, 0.717) is 35.4 Å². The molecule has 0 bridgehead atoms. The van der Waals surface area contributed by atoms with E-state index in [0.717, 1.165) is 24.3 Å². The first kappa shape index (κ1) is 30.6. The lowest BCUT2D eigenvalue weighted by Gasteiger charge is -2.10. The van der Waals surface area contributed by atoms with E-state index in [1.807, 2.05) is 0 Å². The molecule has 0 aromatic heterocycles. The highest BCUT2D eigenvalue weighted by atomic mass is 32.2. The predicted octanol–water partition coefficient (Wildman–Crippen LogP) is 4.64. The Morgan fingerprint density at radius 3 is 1.20 bits per heavy atom. The minimum Gasteiger partial charge on any atom is -0.326 e. The number of alkyl halides is 6. The van der Waals surface area contributed by atoms with Gasteiger partial charge in [-0.25, -0.2) is 16.8 Å². The van der Waals surface area contributed by atoms with Crippen molar-refractivity contribution in [3.8, 4) is 0 Å². The summed E-state index contributed by atoms with van der Waals surface area (Å²) >= 11 is 0. The van der Waals surface area contributed by atoms with E-state index in [9.17, 15) is 52.8 Å². The van der Waals surface area contributed by atoms with Gasteiger partial charge in [0.25, 0.3) is 19.7 Å². The molecule has 0 spiro atoms. The average Bonchev–Trinajstić information content (AvgIpc) is 2.83. The number of anilines is 2. The molecule has 0 atom stereocenters. The van der Waals surface area contributed by atoms with Crippen molar-refractivity contribution >= 4 is 42.9 Å². The molecule has 0 radical (unpaired) electrons. The van der Waals surface area contributed by atoms with Crippen molar-refractivity contribution in [3.63, 3.8) is 0 Å². The smallest absolute Gasteiger partial charge is 0.326 e. The fourth-order valence-corrected chi connectivity index (χ4v) is 4.86. The Kier molecular flexibility index (Phi) is 8.64. The van der Waals surface area contributed by atoms with Gasteiger partial charge in [0.2, 0.25) is 11.8 Å². The number of halogens is 6. The third-order valence-corrected chi connectivity index (χ3v) is 8.23. The van der Waals surface area contributed by atoms with Gasteiger partial charge in [-0.3, -0.25) is 9.59 Å². The van der Waals surface area contributed by atoms with Crippen LogP contribution in [0.25, 0.3) is 0 Å². The van der Waals surface area contributed by atoms with E-state index < -0.39 is 52.3 Å². The molecule has 0 heterocycles. The number of carbonyl (C=O) groups excluding carboxylic acids is 2. The third kappa shape index (κ3) is 7.18. The number of hydrogen-bond acceptors (Lipinski definition) is 6. The molecule has 8 nitrogen and oxygen atoms in total. The molecule has 16 heteroatoms. The summed E-state index contributed by atoms with van der Waals surface area (Å²) in [5.41, 5.74) is -9.92. The largest absolute Gasteiger partial charge is 0.501 e. The summed E-state index contributed by atoms with van der Waals surface area (Å²) in [6, 6.07) is 13.1. The van der Waals surface area contributed by atoms with Gasteiger partial charge in [0, 0.05) is 11.4 Å². The summed E-state index contributed by atoms with van der Waals surface area (Å²) in [6.45, 7) is 0. The molecule has 0 unspecified atom stereocenters. The van der Waals surface area contributed by atoms with Crippen LogP contribution in [0.15, 0.2) is 82.6 Å². The highest BCUT2D eigenvalue weighted by Gasteiger charge is 2.47. The van der Waals surface area contributed by atoms with Gasteiger partial charge in [-0.2, -0.15) is 26.3 Å². The van der Waals surface area contributed by atoms with Crippen molar-refractivity contribution in [2.45, 2.75) is 33.6 Å². The number of hydrogen-bond donors (Lipinski definition) is 2. The van der Waals surface area contributed by atoms with Crippen molar-refractivity contribution in [1.29, 1.82) is 0 Å². The van der Waals surface area contributed by atoms with E-state index in [4.69, 9.17) is 0 Å². The molecule has 0 aliphatic heterocycles. The van der Waals surface area contributed by atoms with Gasteiger partial charge < -0.3 is 10.6 Å². The molecule has 214 valence electrons. The maximum absolute atomic E-state index is 12.6. The molecule has 3 aromatic rings. The third-order valence-electron chi connectivity index (χ3n) is 5.23. The Morgan fingerprint density at radius 2 is 0.900 bits per heavy atom. The molecule has 0 saturated carbocycles. The maximum Gasteiger partial charge on any atom is 0.501 e. The monoisotopic (exact) mass is 608 g/mol. The van der Waals surface area contributed by atoms with Crippen LogP contribution in [-0.2, 0) is 42.1 Å². The quantitative estimate of drug-likeness (QED) is 0.359. The van der Waals surface area contributed by atoms with Gasteiger partial charge >= 0.3 is 11.0 Å². The fraction of sp³-hybridized carbons (Fsp3) is 0.167. The van der Waals surface area contributed by atoms with Crippen molar-refractivity contribution in [2.24, 2.45) is 0 Å².